The molecule has 1 fully saturated rings. The number of rotatable bonds is 1. The number of hydrogen-bond acceptors (Lipinski definition) is 2. The molecule has 0 unspecified atom stereocenters. The van der Waals surface area contributed by atoms with Gasteiger partial charge in [-0.15, -0.1) is 0 Å². The molecule has 3 amide bonds. The summed E-state index contributed by atoms with van der Waals surface area (Å²) in [5, 5.41) is 2.50. The smallest absolute Gasteiger partial charge is 0.303 e. The maximum absolute atomic E-state index is 11.6. The molecule has 1 aliphatic heterocycles. The zero-order valence-electron chi connectivity index (χ0n) is 8.53. The van der Waals surface area contributed by atoms with Crippen LogP contribution in [0.15, 0.2) is 34.4 Å². The molecule has 2 rings (SSSR count). The molecule has 0 atom stereocenters. The van der Waals surface area contributed by atoms with Gasteiger partial charge < -0.3 is 5.32 Å². The van der Waals surface area contributed by atoms with Gasteiger partial charge in [-0.05, 0) is 23.8 Å². The van der Waals surface area contributed by atoms with Crippen molar-refractivity contribution in [2.75, 3.05) is 7.05 Å². The number of urea groups is 1. The lowest BCUT2D eigenvalue weighted by atomic mass is 10.2. The molecule has 0 aliphatic carbocycles. The van der Waals surface area contributed by atoms with Crippen LogP contribution in [0, 0.1) is 0 Å². The third kappa shape index (κ3) is 1.99. The lowest BCUT2D eigenvalue weighted by Gasteiger charge is -1.99. The Morgan fingerprint density at radius 1 is 1.25 bits per heavy atom. The summed E-state index contributed by atoms with van der Waals surface area (Å²) in [5.74, 6) is -0.312. The first-order chi connectivity index (χ1) is 7.58. The van der Waals surface area contributed by atoms with E-state index in [0.29, 0.717) is 5.70 Å². The number of benzene rings is 1. The molecule has 0 saturated carbocycles. The third-order valence-electron chi connectivity index (χ3n) is 2.26. The van der Waals surface area contributed by atoms with Crippen molar-refractivity contribution in [3.8, 4) is 0 Å². The number of halogens is 1. The summed E-state index contributed by atoms with van der Waals surface area (Å²) in [6.45, 7) is 0. The van der Waals surface area contributed by atoms with Crippen molar-refractivity contribution in [3.05, 3.63) is 40.0 Å². The second-order valence-corrected chi connectivity index (χ2v) is 4.32. The van der Waals surface area contributed by atoms with Crippen molar-refractivity contribution >= 4 is 33.9 Å². The van der Waals surface area contributed by atoms with Crippen molar-refractivity contribution in [1.29, 1.82) is 0 Å². The lowest BCUT2D eigenvalue weighted by molar-refractivity contribution is -0.121. The zero-order valence-corrected chi connectivity index (χ0v) is 10.1. The molecule has 0 bridgehead atoms. The Balaban J connectivity index is 2.29. The van der Waals surface area contributed by atoms with E-state index in [1.165, 1.54) is 7.05 Å². The number of nitrogens with zero attached hydrogens (tertiary/aromatic N) is 1. The number of imide groups is 1. The number of nitrogens with one attached hydrogen (secondary N) is 1. The summed E-state index contributed by atoms with van der Waals surface area (Å²) in [5.41, 5.74) is 1.16. The Morgan fingerprint density at radius 2 is 1.88 bits per heavy atom. The number of likely N-dealkylation sites (N-methyl/N-ethyl adjacent to an activating group) is 1. The molecule has 0 radical (unpaired) electrons. The molecule has 1 heterocycles. The molecule has 1 aliphatic rings. The molecular formula is C11H9BrN2O2. The highest BCUT2D eigenvalue weighted by atomic mass is 79.9. The summed E-state index contributed by atoms with van der Waals surface area (Å²) >= 11 is 3.32. The number of carbonyl (C=O) groups excluding carboxylic acids is 2. The Bertz CT molecular complexity index is 479. The summed E-state index contributed by atoms with van der Waals surface area (Å²) < 4.78 is 0.966. The molecule has 1 aromatic carbocycles. The number of amides is 3. The monoisotopic (exact) mass is 280 g/mol. The van der Waals surface area contributed by atoms with Gasteiger partial charge in [0, 0.05) is 11.5 Å². The van der Waals surface area contributed by atoms with Gasteiger partial charge in [0.25, 0.3) is 5.91 Å². The Morgan fingerprint density at radius 3 is 2.38 bits per heavy atom. The Hall–Kier alpha value is -1.62. The second-order valence-electron chi connectivity index (χ2n) is 3.40. The molecule has 82 valence electrons. The highest BCUT2D eigenvalue weighted by molar-refractivity contribution is 9.10. The van der Waals surface area contributed by atoms with Gasteiger partial charge in [0.15, 0.2) is 0 Å². The fourth-order valence-electron chi connectivity index (χ4n) is 1.35. The summed E-state index contributed by atoms with van der Waals surface area (Å²) in [7, 11) is 1.44. The van der Waals surface area contributed by atoms with Crippen molar-refractivity contribution < 1.29 is 9.59 Å². The average molecular weight is 281 g/mol. The van der Waals surface area contributed by atoms with Crippen molar-refractivity contribution in [2.24, 2.45) is 0 Å². The van der Waals surface area contributed by atoms with Gasteiger partial charge in [0.05, 0.1) is 0 Å². The quantitative estimate of drug-likeness (QED) is 0.632. The molecule has 5 heteroatoms. The number of carbonyl (C=O) groups is 2. The van der Waals surface area contributed by atoms with E-state index in [9.17, 15) is 9.59 Å². The first kappa shape index (κ1) is 10.9. The van der Waals surface area contributed by atoms with Crippen LogP contribution in [-0.4, -0.2) is 23.9 Å². The van der Waals surface area contributed by atoms with Gasteiger partial charge in [-0.1, -0.05) is 28.1 Å². The van der Waals surface area contributed by atoms with E-state index in [2.05, 4.69) is 21.2 Å². The van der Waals surface area contributed by atoms with E-state index >= 15 is 0 Å². The highest BCUT2D eigenvalue weighted by Crippen LogP contribution is 2.15. The Labute approximate surface area is 101 Å². The molecule has 16 heavy (non-hydrogen) atoms. The van der Waals surface area contributed by atoms with Crippen molar-refractivity contribution in [3.63, 3.8) is 0 Å². The van der Waals surface area contributed by atoms with E-state index < -0.39 is 6.03 Å². The van der Waals surface area contributed by atoms with Gasteiger partial charge >= 0.3 is 6.03 Å². The molecule has 1 N–H and O–H groups in total. The fourth-order valence-corrected chi connectivity index (χ4v) is 1.61. The molecular weight excluding hydrogens is 272 g/mol. The maximum Gasteiger partial charge on any atom is 0.328 e. The molecule has 1 saturated heterocycles. The summed E-state index contributed by atoms with van der Waals surface area (Å²) in [6, 6.07) is 7.06. The maximum atomic E-state index is 11.6. The van der Waals surface area contributed by atoms with Crippen LogP contribution in [0.4, 0.5) is 4.79 Å². The predicted molar refractivity (Wildman–Crippen MR) is 63.4 cm³/mol. The first-order valence-corrected chi connectivity index (χ1v) is 5.43. The van der Waals surface area contributed by atoms with Gasteiger partial charge in [-0.25, -0.2) is 4.79 Å². The second kappa shape index (κ2) is 4.09. The Kier molecular flexibility index (Phi) is 2.78. The van der Waals surface area contributed by atoms with Crippen LogP contribution >= 0.6 is 15.9 Å². The number of hydrogen-bond donors (Lipinski definition) is 1. The van der Waals surface area contributed by atoms with Crippen LogP contribution in [-0.2, 0) is 4.79 Å². The van der Waals surface area contributed by atoms with Gasteiger partial charge in [-0.3, -0.25) is 9.69 Å². The first-order valence-electron chi connectivity index (χ1n) is 4.64. The highest BCUT2D eigenvalue weighted by Gasteiger charge is 2.29. The van der Waals surface area contributed by atoms with E-state index in [-0.39, 0.29) is 5.91 Å². The molecule has 0 aromatic heterocycles. The van der Waals surface area contributed by atoms with Crippen LogP contribution in [0.2, 0.25) is 0 Å². The third-order valence-corrected chi connectivity index (χ3v) is 2.79. The van der Waals surface area contributed by atoms with Crippen molar-refractivity contribution in [1.82, 2.24) is 10.2 Å². The van der Waals surface area contributed by atoms with Gasteiger partial charge in [0.2, 0.25) is 0 Å². The molecule has 0 spiro atoms. The normalized spacial score (nSPS) is 18.1. The zero-order chi connectivity index (χ0) is 11.7. The SMILES string of the molecule is CN1C(=O)N/C(=C/c2ccc(Br)cc2)C1=O. The van der Waals surface area contributed by atoms with Crippen LogP contribution in [0.5, 0.6) is 0 Å². The minimum atomic E-state index is -0.395. The average Bonchev–Trinajstić information content (AvgIpc) is 2.50. The minimum Gasteiger partial charge on any atom is -0.303 e. The van der Waals surface area contributed by atoms with Crippen LogP contribution in [0.25, 0.3) is 6.08 Å². The summed E-state index contributed by atoms with van der Waals surface area (Å²) in [6.07, 6.45) is 1.65. The summed E-state index contributed by atoms with van der Waals surface area (Å²) in [4.78, 5) is 23.8. The lowest BCUT2D eigenvalue weighted by Crippen LogP contribution is -2.25. The van der Waals surface area contributed by atoms with E-state index in [0.717, 1.165) is 14.9 Å². The fraction of sp³-hybridized carbons (Fsp3) is 0.0909. The van der Waals surface area contributed by atoms with Crippen LogP contribution < -0.4 is 5.32 Å². The van der Waals surface area contributed by atoms with Crippen LogP contribution in [0.1, 0.15) is 5.56 Å². The molecule has 4 nitrogen and oxygen atoms in total. The van der Waals surface area contributed by atoms with Crippen LogP contribution in [0.3, 0.4) is 0 Å². The topological polar surface area (TPSA) is 49.4 Å². The van der Waals surface area contributed by atoms with Gasteiger partial charge in [0.1, 0.15) is 5.70 Å². The minimum absolute atomic E-state index is 0.301. The van der Waals surface area contributed by atoms with E-state index in [1.54, 1.807) is 6.08 Å². The van der Waals surface area contributed by atoms with E-state index in [4.69, 9.17) is 0 Å². The van der Waals surface area contributed by atoms with E-state index in [1.807, 2.05) is 24.3 Å². The van der Waals surface area contributed by atoms with Gasteiger partial charge in [-0.2, -0.15) is 0 Å². The molecule has 1 aromatic rings. The van der Waals surface area contributed by atoms with Crippen molar-refractivity contribution in [2.45, 2.75) is 0 Å². The predicted octanol–water partition coefficient (Wildman–Crippen LogP) is 1.97. The largest absolute Gasteiger partial charge is 0.328 e. The standard InChI is InChI=1S/C11H9BrN2O2/c1-14-10(15)9(13-11(14)16)6-7-2-4-8(12)5-3-7/h2-6H,1H3,(H,13,16)/b9-6+.